The van der Waals surface area contributed by atoms with Crippen molar-refractivity contribution in [2.75, 3.05) is 0 Å². The number of hydrogen-bond acceptors (Lipinski definition) is 3. The highest BCUT2D eigenvalue weighted by Crippen LogP contribution is 2.31. The van der Waals surface area contributed by atoms with E-state index in [0.717, 1.165) is 25.7 Å². The van der Waals surface area contributed by atoms with Gasteiger partial charge in [0.15, 0.2) is 0 Å². The SMILES string of the molecule is CC(C)(C)OC(=O)NC(C)(CC1CCCCC1)C(=O)O. The Labute approximate surface area is 121 Å². The Morgan fingerprint density at radius 1 is 1.15 bits per heavy atom. The van der Waals surface area contributed by atoms with Crippen molar-refractivity contribution in [2.24, 2.45) is 5.92 Å². The van der Waals surface area contributed by atoms with E-state index < -0.39 is 23.2 Å². The minimum atomic E-state index is -1.26. The quantitative estimate of drug-likeness (QED) is 0.830. The lowest BCUT2D eigenvalue weighted by molar-refractivity contribution is -0.145. The van der Waals surface area contributed by atoms with Crippen LogP contribution in [0.1, 0.15) is 66.2 Å². The maximum absolute atomic E-state index is 11.8. The van der Waals surface area contributed by atoms with Crippen molar-refractivity contribution in [2.45, 2.75) is 77.4 Å². The van der Waals surface area contributed by atoms with Gasteiger partial charge in [-0.15, -0.1) is 0 Å². The summed E-state index contributed by atoms with van der Waals surface area (Å²) in [5, 5.41) is 12.0. The van der Waals surface area contributed by atoms with Gasteiger partial charge in [-0.2, -0.15) is 0 Å². The largest absolute Gasteiger partial charge is 0.480 e. The number of rotatable bonds is 4. The van der Waals surface area contributed by atoms with Gasteiger partial charge in [0, 0.05) is 0 Å². The topological polar surface area (TPSA) is 75.6 Å². The maximum Gasteiger partial charge on any atom is 0.408 e. The fourth-order valence-electron chi connectivity index (χ4n) is 2.69. The molecule has 0 aromatic rings. The van der Waals surface area contributed by atoms with Crippen LogP contribution in [0.15, 0.2) is 0 Å². The van der Waals surface area contributed by atoms with Crippen LogP contribution in [0.5, 0.6) is 0 Å². The first-order chi connectivity index (χ1) is 9.12. The molecule has 116 valence electrons. The molecule has 0 aliphatic heterocycles. The van der Waals surface area contributed by atoms with Gasteiger partial charge in [-0.3, -0.25) is 0 Å². The highest BCUT2D eigenvalue weighted by molar-refractivity contribution is 5.84. The maximum atomic E-state index is 11.8. The molecule has 0 radical (unpaired) electrons. The second kappa shape index (κ2) is 6.46. The summed E-state index contributed by atoms with van der Waals surface area (Å²) in [6.45, 7) is 6.83. The first-order valence-electron chi connectivity index (χ1n) is 7.37. The van der Waals surface area contributed by atoms with Crippen LogP contribution in [0, 0.1) is 5.92 Å². The van der Waals surface area contributed by atoms with E-state index in [-0.39, 0.29) is 0 Å². The van der Waals surface area contributed by atoms with Crippen molar-refractivity contribution in [1.29, 1.82) is 0 Å². The molecule has 1 fully saturated rings. The van der Waals surface area contributed by atoms with Crippen molar-refractivity contribution < 1.29 is 19.4 Å². The van der Waals surface area contributed by atoms with E-state index >= 15 is 0 Å². The molecule has 0 aromatic carbocycles. The summed E-state index contributed by atoms with van der Waals surface area (Å²) in [5.74, 6) is -0.645. The zero-order valence-electron chi connectivity index (χ0n) is 13.0. The van der Waals surface area contributed by atoms with Gasteiger partial charge in [0.2, 0.25) is 0 Å². The molecule has 0 spiro atoms. The van der Waals surface area contributed by atoms with E-state index in [1.165, 1.54) is 6.42 Å². The second-order valence-corrected chi connectivity index (χ2v) is 6.97. The number of ether oxygens (including phenoxy) is 1. The molecular weight excluding hydrogens is 258 g/mol. The number of amides is 1. The summed E-state index contributed by atoms with van der Waals surface area (Å²) in [7, 11) is 0. The number of hydrogen-bond donors (Lipinski definition) is 2. The molecule has 1 aliphatic carbocycles. The lowest BCUT2D eigenvalue weighted by Gasteiger charge is -2.33. The number of aliphatic carboxylic acids is 1. The normalized spacial score (nSPS) is 20.0. The van der Waals surface area contributed by atoms with Gasteiger partial charge in [-0.1, -0.05) is 32.1 Å². The molecule has 0 saturated heterocycles. The van der Waals surface area contributed by atoms with Crippen LogP contribution in [0.4, 0.5) is 4.79 Å². The Balaban J connectivity index is 2.65. The van der Waals surface area contributed by atoms with Gasteiger partial charge in [-0.05, 0) is 40.0 Å². The Morgan fingerprint density at radius 2 is 1.70 bits per heavy atom. The van der Waals surface area contributed by atoms with Gasteiger partial charge in [0.05, 0.1) is 0 Å². The zero-order valence-corrected chi connectivity index (χ0v) is 13.0. The third-order valence-corrected chi connectivity index (χ3v) is 3.67. The van der Waals surface area contributed by atoms with Crippen molar-refractivity contribution in [3.8, 4) is 0 Å². The first-order valence-corrected chi connectivity index (χ1v) is 7.37. The highest BCUT2D eigenvalue weighted by Gasteiger charge is 2.38. The summed E-state index contributed by atoms with van der Waals surface area (Å²) >= 11 is 0. The number of carbonyl (C=O) groups is 2. The second-order valence-electron chi connectivity index (χ2n) is 6.97. The van der Waals surface area contributed by atoms with Crippen LogP contribution in [0.3, 0.4) is 0 Å². The highest BCUT2D eigenvalue weighted by atomic mass is 16.6. The molecule has 1 saturated carbocycles. The molecular formula is C15H27NO4. The first kappa shape index (κ1) is 16.8. The van der Waals surface area contributed by atoms with Gasteiger partial charge in [0.25, 0.3) is 0 Å². The van der Waals surface area contributed by atoms with E-state index in [9.17, 15) is 14.7 Å². The molecule has 1 atom stereocenters. The average Bonchev–Trinajstić information content (AvgIpc) is 2.26. The van der Waals surface area contributed by atoms with Crippen molar-refractivity contribution in [3.63, 3.8) is 0 Å². The number of alkyl carbamates (subject to hydrolysis) is 1. The van der Waals surface area contributed by atoms with E-state index in [1.54, 1.807) is 27.7 Å². The van der Waals surface area contributed by atoms with Crippen LogP contribution in [0.25, 0.3) is 0 Å². The van der Waals surface area contributed by atoms with Gasteiger partial charge in [0.1, 0.15) is 11.1 Å². The van der Waals surface area contributed by atoms with Gasteiger partial charge in [-0.25, -0.2) is 9.59 Å². The molecule has 0 aromatic heterocycles. The van der Waals surface area contributed by atoms with Crippen LogP contribution in [0.2, 0.25) is 0 Å². The Kier molecular flexibility index (Phi) is 5.42. The van der Waals surface area contributed by atoms with E-state index in [0.29, 0.717) is 12.3 Å². The number of carbonyl (C=O) groups excluding carboxylic acids is 1. The minimum absolute atomic E-state index is 0.361. The summed E-state index contributed by atoms with van der Waals surface area (Å²) < 4.78 is 5.16. The van der Waals surface area contributed by atoms with Crippen LogP contribution in [-0.2, 0) is 9.53 Å². The lowest BCUT2D eigenvalue weighted by Crippen LogP contribution is -2.54. The summed E-state index contributed by atoms with van der Waals surface area (Å²) in [6.07, 6.45) is 5.39. The van der Waals surface area contributed by atoms with Crippen LogP contribution >= 0.6 is 0 Å². The standard InChI is InChI=1S/C15H27NO4/c1-14(2,3)20-13(19)16-15(4,12(17)18)10-11-8-6-5-7-9-11/h11H,5-10H2,1-4H3,(H,16,19)(H,17,18). The summed E-state index contributed by atoms with van der Waals surface area (Å²) in [6, 6.07) is 0. The fourth-order valence-corrected chi connectivity index (χ4v) is 2.69. The molecule has 0 heterocycles. The Hall–Kier alpha value is -1.26. The predicted octanol–water partition coefficient (Wildman–Crippen LogP) is 3.32. The lowest BCUT2D eigenvalue weighted by atomic mass is 9.80. The predicted molar refractivity (Wildman–Crippen MR) is 76.6 cm³/mol. The molecule has 5 nitrogen and oxygen atoms in total. The van der Waals surface area contributed by atoms with Crippen molar-refractivity contribution in [3.05, 3.63) is 0 Å². The number of nitrogens with one attached hydrogen (secondary N) is 1. The fraction of sp³-hybridized carbons (Fsp3) is 0.867. The Morgan fingerprint density at radius 3 is 2.15 bits per heavy atom. The molecule has 2 N–H and O–H groups in total. The van der Waals surface area contributed by atoms with Crippen molar-refractivity contribution >= 4 is 12.1 Å². The van der Waals surface area contributed by atoms with Gasteiger partial charge < -0.3 is 15.2 Å². The van der Waals surface area contributed by atoms with Crippen molar-refractivity contribution in [1.82, 2.24) is 5.32 Å². The molecule has 1 rings (SSSR count). The molecule has 1 unspecified atom stereocenters. The average molecular weight is 285 g/mol. The molecule has 1 aliphatic rings. The third-order valence-electron chi connectivity index (χ3n) is 3.67. The molecule has 1 amide bonds. The monoisotopic (exact) mass is 285 g/mol. The smallest absolute Gasteiger partial charge is 0.408 e. The summed E-state index contributed by atoms with van der Waals surface area (Å²) in [5.41, 5.74) is -1.89. The number of carboxylic acids is 1. The molecule has 0 bridgehead atoms. The van der Waals surface area contributed by atoms with E-state index in [2.05, 4.69) is 5.32 Å². The third kappa shape index (κ3) is 5.39. The molecule has 20 heavy (non-hydrogen) atoms. The number of carboxylic acid groups (broad SMARTS) is 1. The van der Waals surface area contributed by atoms with Crippen LogP contribution < -0.4 is 5.32 Å². The van der Waals surface area contributed by atoms with E-state index in [1.807, 2.05) is 0 Å². The Bertz CT molecular complexity index is 355. The van der Waals surface area contributed by atoms with Crippen LogP contribution in [-0.4, -0.2) is 28.3 Å². The minimum Gasteiger partial charge on any atom is -0.480 e. The van der Waals surface area contributed by atoms with E-state index in [4.69, 9.17) is 4.74 Å². The zero-order chi connectivity index (χ0) is 15.4. The summed E-state index contributed by atoms with van der Waals surface area (Å²) in [4.78, 5) is 23.3. The van der Waals surface area contributed by atoms with Gasteiger partial charge >= 0.3 is 12.1 Å². The molecule has 5 heteroatoms.